The van der Waals surface area contributed by atoms with Crippen LogP contribution in [0.1, 0.15) is 118 Å². The largest absolute Gasteiger partial charge is 0.0622 e. The Hall–Kier alpha value is 0. The molecule has 0 heteroatoms. The van der Waals surface area contributed by atoms with Crippen molar-refractivity contribution in [3.63, 3.8) is 0 Å². The average Bonchev–Trinajstić information content (AvgIpc) is 2.35. The lowest BCUT2D eigenvalue weighted by molar-refractivity contribution is -0.198. The van der Waals surface area contributed by atoms with Crippen LogP contribution in [0.25, 0.3) is 0 Å². The molecular weight excluding hydrogens is 300 g/mol. The fourth-order valence-corrected chi connectivity index (χ4v) is 4.81. The van der Waals surface area contributed by atoms with Gasteiger partial charge in [-0.2, -0.15) is 0 Å². The lowest BCUT2D eigenvalue weighted by Crippen LogP contribution is -2.62. The van der Waals surface area contributed by atoms with E-state index in [0.29, 0.717) is 5.92 Å². The van der Waals surface area contributed by atoms with Crippen LogP contribution >= 0.6 is 0 Å². The summed E-state index contributed by atoms with van der Waals surface area (Å²) in [6.45, 7) is 42.0. The maximum Gasteiger partial charge on any atom is -0.0241 e. The van der Waals surface area contributed by atoms with Gasteiger partial charge in [0, 0.05) is 0 Å². The Morgan fingerprint density at radius 3 is 0.840 bits per heavy atom. The van der Waals surface area contributed by atoms with E-state index in [9.17, 15) is 0 Å². The van der Waals surface area contributed by atoms with Gasteiger partial charge in [-0.15, -0.1) is 0 Å². The summed E-state index contributed by atoms with van der Waals surface area (Å²) >= 11 is 0. The third kappa shape index (κ3) is 3.23. The van der Waals surface area contributed by atoms with E-state index < -0.39 is 0 Å². The molecule has 0 nitrogen and oxygen atoms in total. The van der Waals surface area contributed by atoms with Crippen molar-refractivity contribution in [1.82, 2.24) is 0 Å². The Balaban J connectivity index is 6.50. The van der Waals surface area contributed by atoms with Gasteiger partial charge < -0.3 is 0 Å². The highest BCUT2D eigenvalue weighted by molar-refractivity contribution is 5.11. The van der Waals surface area contributed by atoms with E-state index in [-0.39, 0.29) is 37.9 Å². The van der Waals surface area contributed by atoms with Gasteiger partial charge in [0.05, 0.1) is 0 Å². The second kappa shape index (κ2) is 6.27. The lowest BCUT2D eigenvalue weighted by atomic mass is 9.36. The molecule has 0 radical (unpaired) electrons. The van der Waals surface area contributed by atoms with Gasteiger partial charge in [0.1, 0.15) is 0 Å². The summed E-state index contributed by atoms with van der Waals surface area (Å²) in [4.78, 5) is 0. The van der Waals surface area contributed by atoms with Crippen molar-refractivity contribution < 1.29 is 0 Å². The molecule has 0 aromatic rings. The standard InChI is InChI=1S/C25H52/c1-18(2)20(6,7)22(10,11)24(14,15)25(16,17)23(12,13)21(8,9)19(3,4)5/h18H,1-17H3. The molecule has 0 saturated carbocycles. The zero-order valence-electron chi connectivity index (χ0n) is 21.1. The summed E-state index contributed by atoms with van der Waals surface area (Å²) in [5.41, 5.74) is 1.41. The third-order valence-electron chi connectivity index (χ3n) is 11.2. The minimum Gasteiger partial charge on any atom is -0.0622 e. The highest BCUT2D eigenvalue weighted by atomic mass is 14.7. The molecule has 0 amide bonds. The van der Waals surface area contributed by atoms with Crippen LogP contribution < -0.4 is 0 Å². The van der Waals surface area contributed by atoms with Gasteiger partial charge in [0.25, 0.3) is 0 Å². The van der Waals surface area contributed by atoms with Crippen LogP contribution in [0.2, 0.25) is 0 Å². The monoisotopic (exact) mass is 352 g/mol. The van der Waals surface area contributed by atoms with Crippen LogP contribution in [-0.2, 0) is 0 Å². The topological polar surface area (TPSA) is 0 Å². The minimum atomic E-state index is 0.159. The summed E-state index contributed by atoms with van der Waals surface area (Å²) in [6.07, 6.45) is 0. The van der Waals surface area contributed by atoms with E-state index in [1.54, 1.807) is 0 Å². The fraction of sp³-hybridized carbons (Fsp3) is 1.00. The first kappa shape index (κ1) is 25.0. The molecule has 0 aliphatic carbocycles. The molecule has 0 aliphatic rings. The van der Waals surface area contributed by atoms with Crippen molar-refractivity contribution in [3.8, 4) is 0 Å². The first-order valence-corrected chi connectivity index (χ1v) is 10.4. The zero-order valence-corrected chi connectivity index (χ0v) is 21.1. The van der Waals surface area contributed by atoms with E-state index in [4.69, 9.17) is 0 Å². The van der Waals surface area contributed by atoms with Crippen LogP contribution in [-0.4, -0.2) is 0 Å². The Kier molecular flexibility index (Phi) is 6.27. The highest BCUT2D eigenvalue weighted by Gasteiger charge is 2.63. The van der Waals surface area contributed by atoms with Gasteiger partial charge in [0.15, 0.2) is 0 Å². The van der Waals surface area contributed by atoms with E-state index >= 15 is 0 Å². The molecule has 0 aromatic carbocycles. The molecule has 0 aromatic heterocycles. The molecule has 0 spiro atoms. The van der Waals surface area contributed by atoms with E-state index in [1.807, 2.05) is 0 Å². The number of hydrogen-bond donors (Lipinski definition) is 0. The van der Waals surface area contributed by atoms with Crippen molar-refractivity contribution in [2.24, 2.45) is 43.8 Å². The minimum absolute atomic E-state index is 0.159. The predicted molar refractivity (Wildman–Crippen MR) is 117 cm³/mol. The molecule has 0 N–H and O–H groups in total. The van der Waals surface area contributed by atoms with Crippen molar-refractivity contribution in [3.05, 3.63) is 0 Å². The molecule has 0 atom stereocenters. The molecule has 0 saturated heterocycles. The lowest BCUT2D eigenvalue weighted by Gasteiger charge is -2.68. The highest BCUT2D eigenvalue weighted by Crippen LogP contribution is 2.70. The van der Waals surface area contributed by atoms with Gasteiger partial charge in [0.2, 0.25) is 0 Å². The quantitative estimate of drug-likeness (QED) is 0.447. The van der Waals surface area contributed by atoms with Crippen LogP contribution in [0.4, 0.5) is 0 Å². The van der Waals surface area contributed by atoms with Crippen LogP contribution in [0, 0.1) is 43.8 Å². The average molecular weight is 353 g/mol. The summed E-state index contributed by atoms with van der Waals surface area (Å²) < 4.78 is 0. The van der Waals surface area contributed by atoms with Gasteiger partial charge in [-0.05, 0) is 43.8 Å². The zero-order chi connectivity index (χ0) is 21.1. The van der Waals surface area contributed by atoms with Crippen LogP contribution in [0.3, 0.4) is 0 Å². The number of hydrogen-bond acceptors (Lipinski definition) is 0. The van der Waals surface area contributed by atoms with Crippen LogP contribution in [0.15, 0.2) is 0 Å². The summed E-state index contributed by atoms with van der Waals surface area (Å²) in [6, 6.07) is 0. The van der Waals surface area contributed by atoms with Crippen molar-refractivity contribution in [1.29, 1.82) is 0 Å². The van der Waals surface area contributed by atoms with Crippen LogP contribution in [0.5, 0.6) is 0 Å². The van der Waals surface area contributed by atoms with Crippen molar-refractivity contribution in [2.45, 2.75) is 118 Å². The van der Waals surface area contributed by atoms with Gasteiger partial charge in [-0.3, -0.25) is 0 Å². The Morgan fingerprint density at radius 2 is 0.600 bits per heavy atom. The second-order valence-electron chi connectivity index (χ2n) is 13.3. The van der Waals surface area contributed by atoms with E-state index in [2.05, 4.69) is 118 Å². The normalized spacial score (nSPS) is 16.6. The second-order valence-corrected chi connectivity index (χ2v) is 13.3. The van der Waals surface area contributed by atoms with Crippen molar-refractivity contribution in [2.75, 3.05) is 0 Å². The Bertz CT molecular complexity index is 459. The van der Waals surface area contributed by atoms with E-state index in [0.717, 1.165) is 0 Å². The molecule has 0 rings (SSSR count). The first-order chi connectivity index (χ1) is 10.4. The molecule has 0 heterocycles. The predicted octanol–water partition coefficient (Wildman–Crippen LogP) is 8.85. The fourth-order valence-electron chi connectivity index (χ4n) is 4.81. The summed E-state index contributed by atoms with van der Waals surface area (Å²) in [7, 11) is 0. The molecule has 25 heavy (non-hydrogen) atoms. The number of rotatable bonds is 6. The maximum atomic E-state index is 2.53. The molecule has 0 bridgehead atoms. The molecule has 0 fully saturated rings. The summed E-state index contributed by atoms with van der Waals surface area (Å²) in [5.74, 6) is 0.649. The smallest absolute Gasteiger partial charge is 0.0241 e. The van der Waals surface area contributed by atoms with Gasteiger partial charge in [-0.1, -0.05) is 118 Å². The Morgan fingerprint density at radius 1 is 0.360 bits per heavy atom. The molecule has 0 aliphatic heterocycles. The van der Waals surface area contributed by atoms with Gasteiger partial charge >= 0.3 is 0 Å². The van der Waals surface area contributed by atoms with Crippen molar-refractivity contribution >= 4 is 0 Å². The van der Waals surface area contributed by atoms with Gasteiger partial charge in [-0.25, -0.2) is 0 Å². The first-order valence-electron chi connectivity index (χ1n) is 10.4. The third-order valence-corrected chi connectivity index (χ3v) is 11.2. The molecular formula is C25H52. The maximum absolute atomic E-state index is 2.53. The Labute approximate surface area is 161 Å². The SMILES string of the molecule is CC(C)C(C)(C)C(C)(C)C(C)(C)C(C)(C)C(C)(C)C(C)(C)C(C)(C)C. The molecule has 0 unspecified atom stereocenters. The summed E-state index contributed by atoms with van der Waals surface area (Å²) in [5, 5.41) is 0. The van der Waals surface area contributed by atoms with E-state index in [1.165, 1.54) is 0 Å². The molecule has 152 valence electrons.